The van der Waals surface area contributed by atoms with Gasteiger partial charge < -0.3 is 9.26 Å². The van der Waals surface area contributed by atoms with E-state index in [1.807, 2.05) is 12.1 Å². The van der Waals surface area contributed by atoms with Crippen LogP contribution in [0.3, 0.4) is 0 Å². The fourth-order valence-electron chi connectivity index (χ4n) is 1.84. The maximum atomic E-state index is 9.03. The predicted octanol–water partition coefficient (Wildman–Crippen LogP) is 2.68. The van der Waals surface area contributed by atoms with E-state index in [1.165, 1.54) is 7.11 Å². The van der Waals surface area contributed by atoms with Gasteiger partial charge in [-0.3, -0.25) is 4.98 Å². The third-order valence-electron chi connectivity index (χ3n) is 2.84. The van der Waals surface area contributed by atoms with Gasteiger partial charge in [-0.25, -0.2) is 0 Å². The monoisotopic (exact) mass is 278 g/mol. The highest BCUT2D eigenvalue weighted by Crippen LogP contribution is 2.26. The fourth-order valence-corrected chi connectivity index (χ4v) is 1.84. The lowest BCUT2D eigenvalue weighted by Crippen LogP contribution is -1.88. The first-order valence-electron chi connectivity index (χ1n) is 6.15. The smallest absolute Gasteiger partial charge is 0.258 e. The number of pyridine rings is 1. The number of nitriles is 1. The van der Waals surface area contributed by atoms with Crippen LogP contribution in [0, 0.1) is 11.3 Å². The van der Waals surface area contributed by atoms with Gasteiger partial charge in [0.05, 0.1) is 18.7 Å². The number of hydrogen-bond donors (Lipinski definition) is 0. The average Bonchev–Trinajstić information content (AvgIpc) is 3.05. The van der Waals surface area contributed by atoms with Crippen molar-refractivity contribution in [3.05, 3.63) is 48.2 Å². The molecule has 0 atom stereocenters. The summed E-state index contributed by atoms with van der Waals surface area (Å²) in [7, 11) is 1.54. The Morgan fingerprint density at radius 1 is 1.24 bits per heavy atom. The third kappa shape index (κ3) is 2.58. The van der Waals surface area contributed by atoms with Crippen molar-refractivity contribution in [2.24, 2.45) is 0 Å². The molecule has 0 radical (unpaired) electrons. The summed E-state index contributed by atoms with van der Waals surface area (Å²) in [4.78, 5) is 8.46. The minimum Gasteiger partial charge on any atom is -0.497 e. The molecule has 0 saturated carbocycles. The van der Waals surface area contributed by atoms with Crippen molar-refractivity contribution >= 4 is 0 Å². The Morgan fingerprint density at radius 3 is 2.86 bits per heavy atom. The predicted molar refractivity (Wildman–Crippen MR) is 74.2 cm³/mol. The van der Waals surface area contributed by atoms with Gasteiger partial charge in [0.2, 0.25) is 5.82 Å². The van der Waals surface area contributed by atoms with Gasteiger partial charge in [0.25, 0.3) is 5.89 Å². The molecule has 0 fully saturated rings. The van der Waals surface area contributed by atoms with Gasteiger partial charge >= 0.3 is 0 Å². The molecular formula is C15H10N4O2. The first-order valence-corrected chi connectivity index (χ1v) is 6.15. The molecule has 0 bridgehead atoms. The lowest BCUT2D eigenvalue weighted by Gasteiger charge is -2.01. The van der Waals surface area contributed by atoms with E-state index >= 15 is 0 Å². The Bertz CT molecular complexity index is 806. The Labute approximate surface area is 120 Å². The van der Waals surface area contributed by atoms with E-state index in [0.29, 0.717) is 34.3 Å². The van der Waals surface area contributed by atoms with Gasteiger partial charge in [0.1, 0.15) is 11.4 Å². The molecule has 1 aromatic carbocycles. The van der Waals surface area contributed by atoms with Gasteiger partial charge in [-0.1, -0.05) is 11.2 Å². The molecule has 0 unspecified atom stereocenters. The first-order chi connectivity index (χ1) is 10.3. The highest BCUT2D eigenvalue weighted by molar-refractivity contribution is 5.61. The molecule has 6 heteroatoms. The van der Waals surface area contributed by atoms with Crippen molar-refractivity contribution in [1.29, 1.82) is 5.26 Å². The maximum absolute atomic E-state index is 9.03. The molecule has 6 nitrogen and oxygen atoms in total. The molecule has 2 heterocycles. The van der Waals surface area contributed by atoms with Crippen LogP contribution in [-0.2, 0) is 0 Å². The minimum absolute atomic E-state index is 0.311. The molecule has 3 rings (SSSR count). The second-order valence-electron chi connectivity index (χ2n) is 4.20. The number of ether oxygens (including phenoxy) is 1. The van der Waals surface area contributed by atoms with Crippen molar-refractivity contribution in [3.63, 3.8) is 0 Å². The molecule has 0 aliphatic rings. The summed E-state index contributed by atoms with van der Waals surface area (Å²) in [5.74, 6) is 1.26. The third-order valence-corrected chi connectivity index (χ3v) is 2.84. The lowest BCUT2D eigenvalue weighted by atomic mass is 10.1. The van der Waals surface area contributed by atoms with Crippen LogP contribution in [0.1, 0.15) is 5.56 Å². The topological polar surface area (TPSA) is 84.8 Å². The lowest BCUT2D eigenvalue weighted by molar-refractivity contribution is 0.413. The standard InChI is InChI=1S/C15H10N4O2/c1-20-12-7-10(9-16)6-11(8-12)15-18-14(19-21-15)13-4-2-3-5-17-13/h2-8H,1H3. The molecule has 3 aromatic rings. The van der Waals surface area contributed by atoms with Gasteiger partial charge in [0, 0.05) is 11.8 Å². The highest BCUT2D eigenvalue weighted by atomic mass is 16.5. The number of benzene rings is 1. The van der Waals surface area contributed by atoms with Gasteiger partial charge in [-0.2, -0.15) is 10.2 Å². The van der Waals surface area contributed by atoms with Crippen LogP contribution in [0.15, 0.2) is 47.1 Å². The second kappa shape index (κ2) is 5.43. The van der Waals surface area contributed by atoms with E-state index in [9.17, 15) is 0 Å². The van der Waals surface area contributed by atoms with Crippen LogP contribution in [0.4, 0.5) is 0 Å². The Kier molecular flexibility index (Phi) is 3.31. The summed E-state index contributed by atoms with van der Waals surface area (Å²) in [6.07, 6.45) is 1.66. The molecule has 0 saturated heterocycles. The zero-order valence-corrected chi connectivity index (χ0v) is 11.1. The molecule has 0 N–H and O–H groups in total. The Hall–Kier alpha value is -3.20. The van der Waals surface area contributed by atoms with Crippen molar-refractivity contribution < 1.29 is 9.26 Å². The minimum atomic E-state index is 0.311. The summed E-state index contributed by atoms with van der Waals surface area (Å²) >= 11 is 0. The van der Waals surface area contributed by atoms with Gasteiger partial charge in [0.15, 0.2) is 0 Å². The second-order valence-corrected chi connectivity index (χ2v) is 4.20. The summed E-state index contributed by atoms with van der Waals surface area (Å²) in [6.45, 7) is 0. The number of hydrogen-bond acceptors (Lipinski definition) is 6. The first kappa shape index (κ1) is 12.8. The summed E-state index contributed by atoms with van der Waals surface area (Å²) in [6, 6.07) is 12.6. The molecule has 2 aromatic heterocycles. The molecular weight excluding hydrogens is 268 g/mol. The van der Waals surface area contributed by atoms with E-state index < -0.39 is 0 Å². The van der Waals surface area contributed by atoms with E-state index in [0.717, 1.165) is 0 Å². The van der Waals surface area contributed by atoms with E-state index in [1.54, 1.807) is 30.5 Å². The zero-order valence-electron chi connectivity index (χ0n) is 11.1. The van der Waals surface area contributed by atoms with Crippen molar-refractivity contribution in [2.75, 3.05) is 7.11 Å². The molecule has 0 aliphatic heterocycles. The SMILES string of the molecule is COc1cc(C#N)cc(-c2nc(-c3ccccn3)no2)c1. The normalized spacial score (nSPS) is 10.1. The highest BCUT2D eigenvalue weighted by Gasteiger charge is 2.13. The van der Waals surface area contributed by atoms with Crippen LogP contribution >= 0.6 is 0 Å². The largest absolute Gasteiger partial charge is 0.497 e. The summed E-state index contributed by atoms with van der Waals surface area (Å²) in [5, 5.41) is 12.9. The average molecular weight is 278 g/mol. The van der Waals surface area contributed by atoms with E-state index in [2.05, 4.69) is 21.2 Å². The van der Waals surface area contributed by atoms with Crippen LogP contribution in [0.5, 0.6) is 5.75 Å². The van der Waals surface area contributed by atoms with Crippen LogP contribution < -0.4 is 4.74 Å². The fraction of sp³-hybridized carbons (Fsp3) is 0.0667. The van der Waals surface area contributed by atoms with Crippen molar-refractivity contribution in [3.8, 4) is 34.8 Å². The number of nitrogens with zero attached hydrogens (tertiary/aromatic N) is 4. The Balaban J connectivity index is 2.02. The summed E-state index contributed by atoms with van der Waals surface area (Å²) in [5.41, 5.74) is 1.71. The molecule has 21 heavy (non-hydrogen) atoms. The molecule has 0 spiro atoms. The van der Waals surface area contributed by atoms with Gasteiger partial charge in [-0.15, -0.1) is 0 Å². The van der Waals surface area contributed by atoms with Crippen molar-refractivity contribution in [2.45, 2.75) is 0 Å². The van der Waals surface area contributed by atoms with Crippen LogP contribution in [-0.4, -0.2) is 22.2 Å². The van der Waals surface area contributed by atoms with Crippen LogP contribution in [0.25, 0.3) is 23.0 Å². The van der Waals surface area contributed by atoms with Crippen molar-refractivity contribution in [1.82, 2.24) is 15.1 Å². The zero-order chi connectivity index (χ0) is 14.7. The molecule has 102 valence electrons. The van der Waals surface area contributed by atoms with Crippen LogP contribution in [0.2, 0.25) is 0 Å². The quantitative estimate of drug-likeness (QED) is 0.732. The number of methoxy groups -OCH3 is 1. The maximum Gasteiger partial charge on any atom is 0.258 e. The molecule has 0 aliphatic carbocycles. The number of rotatable bonds is 3. The summed E-state index contributed by atoms with van der Waals surface area (Å²) < 4.78 is 10.4. The van der Waals surface area contributed by atoms with E-state index in [-0.39, 0.29) is 0 Å². The Morgan fingerprint density at radius 2 is 2.14 bits per heavy atom. The number of aromatic nitrogens is 3. The molecule has 0 amide bonds. The van der Waals surface area contributed by atoms with E-state index in [4.69, 9.17) is 14.5 Å². The van der Waals surface area contributed by atoms with Gasteiger partial charge in [-0.05, 0) is 30.3 Å².